The lowest BCUT2D eigenvalue weighted by atomic mass is 9.77. The molecule has 0 radical (unpaired) electrons. The summed E-state index contributed by atoms with van der Waals surface area (Å²) in [5.41, 5.74) is 6.25. The first-order chi connectivity index (χ1) is 6.69. The Morgan fingerprint density at radius 3 is 2.64 bits per heavy atom. The van der Waals surface area contributed by atoms with Crippen LogP contribution in [0.1, 0.15) is 46.0 Å². The molecule has 0 aromatic rings. The minimum atomic E-state index is 0.243. The zero-order valence-corrected chi connectivity index (χ0v) is 9.83. The molecular formula is C12H25NO. The van der Waals surface area contributed by atoms with Crippen LogP contribution in [0.3, 0.4) is 0 Å². The number of methoxy groups -OCH3 is 1. The summed E-state index contributed by atoms with van der Waals surface area (Å²) in [6, 6.07) is 0.243. The van der Waals surface area contributed by atoms with Gasteiger partial charge < -0.3 is 10.5 Å². The fraction of sp³-hybridized carbons (Fsp3) is 1.00. The number of hydrogen-bond donors (Lipinski definition) is 1. The van der Waals surface area contributed by atoms with E-state index in [2.05, 4.69) is 13.8 Å². The lowest BCUT2D eigenvalue weighted by Crippen LogP contribution is -2.43. The van der Waals surface area contributed by atoms with Gasteiger partial charge in [-0.2, -0.15) is 0 Å². The van der Waals surface area contributed by atoms with Crippen molar-refractivity contribution in [1.29, 1.82) is 0 Å². The second-order valence-corrected chi connectivity index (χ2v) is 4.79. The summed E-state index contributed by atoms with van der Waals surface area (Å²) in [4.78, 5) is 0. The van der Waals surface area contributed by atoms with Gasteiger partial charge in [-0.05, 0) is 31.1 Å². The average molecular weight is 199 g/mol. The maximum atomic E-state index is 6.25. The molecule has 0 aromatic heterocycles. The molecule has 84 valence electrons. The maximum Gasteiger partial charge on any atom is 0.0722 e. The molecule has 0 amide bonds. The van der Waals surface area contributed by atoms with E-state index in [1.807, 2.05) is 0 Å². The topological polar surface area (TPSA) is 35.2 Å². The molecule has 1 aliphatic carbocycles. The van der Waals surface area contributed by atoms with E-state index in [4.69, 9.17) is 10.5 Å². The Morgan fingerprint density at radius 1 is 1.43 bits per heavy atom. The molecule has 0 spiro atoms. The van der Waals surface area contributed by atoms with Gasteiger partial charge in [0.05, 0.1) is 6.10 Å². The van der Waals surface area contributed by atoms with Gasteiger partial charge in [-0.25, -0.2) is 0 Å². The molecular weight excluding hydrogens is 174 g/mol. The van der Waals surface area contributed by atoms with Gasteiger partial charge in [-0.15, -0.1) is 0 Å². The molecule has 0 bridgehead atoms. The van der Waals surface area contributed by atoms with Crippen molar-refractivity contribution in [2.45, 2.75) is 58.1 Å². The van der Waals surface area contributed by atoms with Crippen molar-refractivity contribution in [2.75, 3.05) is 7.11 Å². The largest absolute Gasteiger partial charge is 0.380 e. The van der Waals surface area contributed by atoms with Crippen LogP contribution in [-0.4, -0.2) is 19.3 Å². The second-order valence-electron chi connectivity index (χ2n) is 4.79. The van der Waals surface area contributed by atoms with E-state index in [0.717, 1.165) is 12.3 Å². The number of ether oxygens (including phenoxy) is 1. The van der Waals surface area contributed by atoms with E-state index in [0.29, 0.717) is 5.92 Å². The van der Waals surface area contributed by atoms with Gasteiger partial charge in [-0.1, -0.05) is 26.7 Å². The molecule has 0 heterocycles. The van der Waals surface area contributed by atoms with Crippen molar-refractivity contribution in [1.82, 2.24) is 0 Å². The zero-order chi connectivity index (χ0) is 10.6. The Labute approximate surface area is 88.2 Å². The highest BCUT2D eigenvalue weighted by molar-refractivity contribution is 4.84. The SMILES string of the molecule is CCC(OC)C(N)C1CCCC(C)C1. The minimum Gasteiger partial charge on any atom is -0.380 e. The smallest absolute Gasteiger partial charge is 0.0722 e. The molecule has 0 aromatic carbocycles. The van der Waals surface area contributed by atoms with Gasteiger partial charge in [0.25, 0.3) is 0 Å². The third-order valence-corrected chi connectivity index (χ3v) is 3.66. The van der Waals surface area contributed by atoms with E-state index in [1.165, 1.54) is 25.7 Å². The van der Waals surface area contributed by atoms with Crippen molar-refractivity contribution in [3.05, 3.63) is 0 Å². The van der Waals surface area contributed by atoms with E-state index in [9.17, 15) is 0 Å². The monoisotopic (exact) mass is 199 g/mol. The third kappa shape index (κ3) is 2.96. The van der Waals surface area contributed by atoms with Gasteiger partial charge in [0.2, 0.25) is 0 Å². The maximum absolute atomic E-state index is 6.25. The van der Waals surface area contributed by atoms with Gasteiger partial charge in [0, 0.05) is 13.2 Å². The van der Waals surface area contributed by atoms with Crippen LogP contribution in [-0.2, 0) is 4.74 Å². The Morgan fingerprint density at radius 2 is 2.14 bits per heavy atom. The lowest BCUT2D eigenvalue weighted by Gasteiger charge is -2.34. The molecule has 14 heavy (non-hydrogen) atoms. The summed E-state index contributed by atoms with van der Waals surface area (Å²) in [5.74, 6) is 1.54. The molecule has 0 saturated heterocycles. The first-order valence-corrected chi connectivity index (χ1v) is 5.97. The van der Waals surface area contributed by atoms with Crippen LogP contribution in [0.25, 0.3) is 0 Å². The molecule has 1 aliphatic rings. The Balaban J connectivity index is 2.45. The molecule has 2 heteroatoms. The van der Waals surface area contributed by atoms with E-state index < -0.39 is 0 Å². The molecule has 1 fully saturated rings. The summed E-state index contributed by atoms with van der Waals surface area (Å²) in [5, 5.41) is 0. The second kappa shape index (κ2) is 5.72. The molecule has 4 unspecified atom stereocenters. The summed E-state index contributed by atoms with van der Waals surface area (Å²) in [6.07, 6.45) is 6.60. The van der Waals surface area contributed by atoms with E-state index in [1.54, 1.807) is 7.11 Å². The zero-order valence-electron chi connectivity index (χ0n) is 9.83. The summed E-state index contributed by atoms with van der Waals surface area (Å²) >= 11 is 0. The van der Waals surface area contributed by atoms with Gasteiger partial charge in [-0.3, -0.25) is 0 Å². The Kier molecular flexibility index (Phi) is 4.90. The van der Waals surface area contributed by atoms with Crippen LogP contribution in [0.15, 0.2) is 0 Å². The summed E-state index contributed by atoms with van der Waals surface area (Å²) < 4.78 is 5.42. The molecule has 4 atom stereocenters. The minimum absolute atomic E-state index is 0.243. The average Bonchev–Trinajstić information content (AvgIpc) is 2.19. The third-order valence-electron chi connectivity index (χ3n) is 3.66. The molecule has 1 rings (SSSR count). The first kappa shape index (κ1) is 12.0. The highest BCUT2D eigenvalue weighted by Gasteiger charge is 2.28. The van der Waals surface area contributed by atoms with Gasteiger partial charge in [0.1, 0.15) is 0 Å². The predicted octanol–water partition coefficient (Wildman–Crippen LogP) is 2.57. The Hall–Kier alpha value is -0.0800. The lowest BCUT2D eigenvalue weighted by molar-refractivity contribution is 0.0469. The van der Waals surface area contributed by atoms with Gasteiger partial charge >= 0.3 is 0 Å². The summed E-state index contributed by atoms with van der Waals surface area (Å²) in [7, 11) is 1.78. The predicted molar refractivity (Wildman–Crippen MR) is 60.2 cm³/mol. The normalized spacial score (nSPS) is 32.6. The molecule has 2 N–H and O–H groups in total. The van der Waals surface area contributed by atoms with E-state index >= 15 is 0 Å². The Bertz CT molecular complexity index is 156. The van der Waals surface area contributed by atoms with Gasteiger partial charge in [0.15, 0.2) is 0 Å². The first-order valence-electron chi connectivity index (χ1n) is 5.97. The van der Waals surface area contributed by atoms with Crippen LogP contribution < -0.4 is 5.73 Å². The van der Waals surface area contributed by atoms with Crippen LogP contribution in [0.4, 0.5) is 0 Å². The van der Waals surface area contributed by atoms with Crippen molar-refractivity contribution >= 4 is 0 Å². The number of hydrogen-bond acceptors (Lipinski definition) is 2. The van der Waals surface area contributed by atoms with Crippen molar-refractivity contribution < 1.29 is 4.74 Å². The van der Waals surface area contributed by atoms with Crippen LogP contribution in [0, 0.1) is 11.8 Å². The molecule has 2 nitrogen and oxygen atoms in total. The highest BCUT2D eigenvalue weighted by Crippen LogP contribution is 2.31. The van der Waals surface area contributed by atoms with E-state index in [-0.39, 0.29) is 12.1 Å². The van der Waals surface area contributed by atoms with Crippen LogP contribution in [0.5, 0.6) is 0 Å². The summed E-state index contributed by atoms with van der Waals surface area (Å²) in [6.45, 7) is 4.49. The standard InChI is InChI=1S/C12H25NO/c1-4-11(14-3)12(13)10-7-5-6-9(2)8-10/h9-12H,4-8,13H2,1-3H3. The number of rotatable bonds is 4. The fourth-order valence-corrected chi connectivity index (χ4v) is 2.73. The highest BCUT2D eigenvalue weighted by atomic mass is 16.5. The number of nitrogens with two attached hydrogens (primary N) is 1. The van der Waals surface area contributed by atoms with Crippen LogP contribution in [0.2, 0.25) is 0 Å². The quantitative estimate of drug-likeness (QED) is 0.755. The molecule has 1 saturated carbocycles. The van der Waals surface area contributed by atoms with Crippen LogP contribution >= 0.6 is 0 Å². The van der Waals surface area contributed by atoms with Crippen molar-refractivity contribution in [3.8, 4) is 0 Å². The van der Waals surface area contributed by atoms with Crippen molar-refractivity contribution in [2.24, 2.45) is 17.6 Å². The molecule has 0 aliphatic heterocycles. The van der Waals surface area contributed by atoms with Crippen molar-refractivity contribution in [3.63, 3.8) is 0 Å². The fourth-order valence-electron chi connectivity index (χ4n) is 2.73.